The lowest BCUT2D eigenvalue weighted by molar-refractivity contribution is -0.810. The molecular formula is C11H12N4O6. The van der Waals surface area contributed by atoms with Crippen molar-refractivity contribution in [2.24, 2.45) is 0 Å². The molecule has 0 radical (unpaired) electrons. The highest BCUT2D eigenvalue weighted by Gasteiger charge is 2.59. The second kappa shape index (κ2) is 5.81. The third kappa shape index (κ3) is 2.95. The first kappa shape index (κ1) is 14.8. The van der Waals surface area contributed by atoms with Crippen molar-refractivity contribution in [1.82, 2.24) is 10.6 Å². The number of benzene rings is 1. The number of carbonyl (C=O) groups excluding carboxylic acids is 1. The molecular weight excluding hydrogens is 284 g/mol. The van der Waals surface area contributed by atoms with Gasteiger partial charge in [-0.3, -0.25) is 25.0 Å². The van der Waals surface area contributed by atoms with Gasteiger partial charge >= 0.3 is 5.79 Å². The molecule has 112 valence electrons. The molecule has 10 nitrogen and oxygen atoms in total. The number of morpholine rings is 1. The SMILES string of the molecule is O=C(NC1CNC([N+](=O)[O-])([N+](=O)[O-])CO1)c1ccccc1. The molecule has 0 bridgehead atoms. The Balaban J connectivity index is 1.97. The van der Waals surface area contributed by atoms with Crippen molar-refractivity contribution >= 4 is 5.91 Å². The van der Waals surface area contributed by atoms with Gasteiger partial charge in [-0.05, 0) is 12.1 Å². The molecule has 2 rings (SSSR count). The van der Waals surface area contributed by atoms with Crippen LogP contribution in [0.15, 0.2) is 30.3 Å². The van der Waals surface area contributed by atoms with E-state index in [1.807, 2.05) is 0 Å². The first-order valence-corrected chi connectivity index (χ1v) is 5.97. The van der Waals surface area contributed by atoms with Crippen LogP contribution >= 0.6 is 0 Å². The van der Waals surface area contributed by atoms with Crippen LogP contribution in [-0.2, 0) is 4.74 Å². The van der Waals surface area contributed by atoms with E-state index in [2.05, 4.69) is 10.6 Å². The Kier molecular flexibility index (Phi) is 4.10. The Hall–Kier alpha value is -2.59. The summed E-state index contributed by atoms with van der Waals surface area (Å²) in [6.45, 7) is -1.03. The molecule has 1 atom stereocenters. The zero-order chi connectivity index (χ0) is 15.5. The van der Waals surface area contributed by atoms with Gasteiger partial charge in [0, 0.05) is 5.56 Å². The molecule has 10 heteroatoms. The fourth-order valence-corrected chi connectivity index (χ4v) is 1.80. The van der Waals surface area contributed by atoms with E-state index in [0.29, 0.717) is 5.56 Å². The second-order valence-electron chi connectivity index (χ2n) is 4.35. The Morgan fingerprint density at radius 2 is 1.90 bits per heavy atom. The minimum atomic E-state index is -2.58. The summed E-state index contributed by atoms with van der Waals surface area (Å²) in [6.07, 6.45) is -0.884. The molecule has 1 fully saturated rings. The van der Waals surface area contributed by atoms with Crippen molar-refractivity contribution in [2.75, 3.05) is 13.2 Å². The van der Waals surface area contributed by atoms with Crippen LogP contribution in [0.1, 0.15) is 10.4 Å². The minimum Gasteiger partial charge on any atom is -0.340 e. The lowest BCUT2D eigenvalue weighted by Gasteiger charge is -2.28. The molecule has 1 saturated heterocycles. The van der Waals surface area contributed by atoms with Crippen LogP contribution in [-0.4, -0.2) is 40.9 Å². The number of nitrogens with one attached hydrogen (secondary N) is 2. The largest absolute Gasteiger partial charge is 0.544 e. The van der Waals surface area contributed by atoms with Crippen molar-refractivity contribution in [3.05, 3.63) is 56.1 Å². The molecule has 2 N–H and O–H groups in total. The fraction of sp³-hybridized carbons (Fsp3) is 0.364. The number of amides is 1. The van der Waals surface area contributed by atoms with Crippen LogP contribution < -0.4 is 10.6 Å². The van der Waals surface area contributed by atoms with Gasteiger partial charge in [-0.15, -0.1) is 0 Å². The zero-order valence-corrected chi connectivity index (χ0v) is 10.7. The molecule has 1 aliphatic heterocycles. The number of ether oxygens (including phenoxy) is 1. The predicted molar refractivity (Wildman–Crippen MR) is 68.4 cm³/mol. The molecule has 21 heavy (non-hydrogen) atoms. The van der Waals surface area contributed by atoms with Gasteiger partial charge in [0.1, 0.15) is 16.1 Å². The second-order valence-corrected chi connectivity index (χ2v) is 4.35. The summed E-state index contributed by atoms with van der Waals surface area (Å²) >= 11 is 0. The van der Waals surface area contributed by atoms with E-state index in [0.717, 1.165) is 0 Å². The smallest absolute Gasteiger partial charge is 0.340 e. The number of hydrogen-bond acceptors (Lipinski definition) is 7. The van der Waals surface area contributed by atoms with Crippen LogP contribution in [0.5, 0.6) is 0 Å². The maximum absolute atomic E-state index is 11.9. The highest BCUT2D eigenvalue weighted by atomic mass is 16.7. The minimum absolute atomic E-state index is 0.249. The summed E-state index contributed by atoms with van der Waals surface area (Å²) in [7, 11) is 0. The average Bonchev–Trinajstić information content (AvgIpc) is 2.48. The number of nitrogens with zero attached hydrogens (tertiary/aromatic N) is 2. The van der Waals surface area contributed by atoms with Crippen molar-refractivity contribution in [2.45, 2.75) is 12.0 Å². The fourth-order valence-electron chi connectivity index (χ4n) is 1.80. The van der Waals surface area contributed by atoms with E-state index >= 15 is 0 Å². The molecule has 1 aromatic carbocycles. The lowest BCUT2D eigenvalue weighted by Crippen LogP contribution is -2.68. The number of carbonyl (C=O) groups is 1. The summed E-state index contributed by atoms with van der Waals surface area (Å²) in [6, 6.07) is 8.28. The van der Waals surface area contributed by atoms with Gasteiger partial charge in [0.05, 0.1) is 6.54 Å². The van der Waals surface area contributed by atoms with Crippen LogP contribution in [0.25, 0.3) is 0 Å². The summed E-state index contributed by atoms with van der Waals surface area (Å²) in [5.74, 6) is -3.01. The number of hydrogen-bond donors (Lipinski definition) is 2. The first-order chi connectivity index (χ1) is 9.95. The monoisotopic (exact) mass is 296 g/mol. The van der Waals surface area contributed by atoms with Gasteiger partial charge in [-0.1, -0.05) is 18.2 Å². The van der Waals surface area contributed by atoms with Crippen molar-refractivity contribution in [1.29, 1.82) is 0 Å². The maximum atomic E-state index is 11.9. The van der Waals surface area contributed by atoms with Gasteiger partial charge in [0.15, 0.2) is 0 Å². The molecule has 1 unspecified atom stereocenters. The molecule has 0 aromatic heterocycles. The van der Waals surface area contributed by atoms with Gasteiger partial charge in [0.2, 0.25) is 6.61 Å². The van der Waals surface area contributed by atoms with Crippen LogP contribution in [0.4, 0.5) is 0 Å². The van der Waals surface area contributed by atoms with Gasteiger partial charge < -0.3 is 10.1 Å². The van der Waals surface area contributed by atoms with E-state index in [4.69, 9.17) is 4.74 Å². The third-order valence-electron chi connectivity index (χ3n) is 2.99. The summed E-state index contributed by atoms with van der Waals surface area (Å²) < 4.78 is 5.03. The Bertz CT molecular complexity index is 539. The van der Waals surface area contributed by atoms with E-state index in [1.54, 1.807) is 30.3 Å². The summed E-state index contributed by atoms with van der Waals surface area (Å²) in [5.41, 5.74) is 0.390. The topological polar surface area (TPSA) is 137 Å². The zero-order valence-electron chi connectivity index (χ0n) is 10.7. The normalized spacial score (nSPS) is 20.5. The molecule has 1 aromatic rings. The summed E-state index contributed by atoms with van der Waals surface area (Å²) in [5, 5.41) is 26.3. The van der Waals surface area contributed by atoms with Crippen molar-refractivity contribution < 1.29 is 19.4 Å². The highest BCUT2D eigenvalue weighted by Crippen LogP contribution is 2.14. The molecule has 1 heterocycles. The van der Waals surface area contributed by atoms with Gasteiger partial charge in [0.25, 0.3) is 5.91 Å². The van der Waals surface area contributed by atoms with Crippen LogP contribution in [0, 0.1) is 20.2 Å². The number of nitro groups is 2. The standard InChI is InChI=1S/C11H12N4O6/c16-10(8-4-2-1-3-5-8)13-9-6-12-11(7-21-9,14(17)18)15(19)20/h1-5,9,12H,6-7H2,(H,13,16). The van der Waals surface area contributed by atoms with E-state index < -0.39 is 34.4 Å². The van der Waals surface area contributed by atoms with Crippen molar-refractivity contribution in [3.63, 3.8) is 0 Å². The molecule has 1 amide bonds. The van der Waals surface area contributed by atoms with E-state index in [9.17, 15) is 25.0 Å². The van der Waals surface area contributed by atoms with E-state index in [-0.39, 0.29) is 6.54 Å². The van der Waals surface area contributed by atoms with Crippen molar-refractivity contribution in [3.8, 4) is 0 Å². The van der Waals surface area contributed by atoms with E-state index in [1.165, 1.54) is 0 Å². The Labute approximate surface area is 118 Å². The number of rotatable bonds is 4. The molecule has 0 aliphatic carbocycles. The average molecular weight is 296 g/mol. The lowest BCUT2D eigenvalue weighted by atomic mass is 10.2. The van der Waals surface area contributed by atoms with Crippen LogP contribution in [0.2, 0.25) is 0 Å². The molecule has 1 aliphatic rings. The summed E-state index contributed by atoms with van der Waals surface area (Å²) in [4.78, 5) is 31.4. The van der Waals surface area contributed by atoms with Gasteiger partial charge in [-0.25, -0.2) is 0 Å². The van der Waals surface area contributed by atoms with Crippen LogP contribution in [0.3, 0.4) is 0 Å². The predicted octanol–water partition coefficient (Wildman–Crippen LogP) is -0.430. The Morgan fingerprint density at radius 1 is 1.29 bits per heavy atom. The van der Waals surface area contributed by atoms with Gasteiger partial charge in [-0.2, -0.15) is 5.32 Å². The first-order valence-electron chi connectivity index (χ1n) is 5.97. The highest BCUT2D eigenvalue weighted by molar-refractivity contribution is 5.94. The maximum Gasteiger partial charge on any atom is 0.544 e. The molecule has 0 saturated carbocycles. The Morgan fingerprint density at radius 3 is 2.38 bits per heavy atom. The third-order valence-corrected chi connectivity index (χ3v) is 2.99. The quantitative estimate of drug-likeness (QED) is 0.437. The molecule has 0 spiro atoms.